The van der Waals surface area contributed by atoms with Crippen molar-refractivity contribution in [2.24, 2.45) is 0 Å². The molecule has 0 bridgehead atoms. The molecule has 1 amide bonds. The summed E-state index contributed by atoms with van der Waals surface area (Å²) in [5.74, 6) is -0.327. The number of benzene rings is 1. The average Bonchev–Trinajstić information content (AvgIpc) is 2.44. The molecule has 1 unspecified atom stereocenters. The molecule has 0 saturated heterocycles. The van der Waals surface area contributed by atoms with E-state index in [1.54, 1.807) is 13.0 Å². The quantitative estimate of drug-likeness (QED) is 0.873. The molecule has 1 heterocycles. The molecule has 1 aromatic heterocycles. The van der Waals surface area contributed by atoms with E-state index in [2.05, 4.69) is 15.3 Å². The van der Waals surface area contributed by atoms with Gasteiger partial charge in [0.15, 0.2) is 0 Å². The molecule has 2 rings (SSSR count). The smallest absolute Gasteiger partial charge is 0.271 e. The first-order chi connectivity index (χ1) is 9.02. The van der Waals surface area contributed by atoms with Gasteiger partial charge in [0.25, 0.3) is 5.91 Å². The van der Waals surface area contributed by atoms with Gasteiger partial charge >= 0.3 is 0 Å². The second kappa shape index (κ2) is 5.32. The monoisotopic (exact) mass is 259 g/mol. The van der Waals surface area contributed by atoms with Crippen molar-refractivity contribution in [1.29, 1.82) is 0 Å². The Balaban J connectivity index is 2.13. The lowest BCUT2D eigenvalue weighted by atomic mass is 10.0. The van der Waals surface area contributed by atoms with Crippen molar-refractivity contribution in [2.45, 2.75) is 25.9 Å². The molecule has 2 aromatic rings. The summed E-state index contributed by atoms with van der Waals surface area (Å²) >= 11 is 0. The number of carbonyl (C=O) groups excluding carboxylic acids is 1. The lowest BCUT2D eigenvalue weighted by Crippen LogP contribution is -2.40. The predicted molar refractivity (Wildman–Crippen MR) is 72.8 cm³/mol. The van der Waals surface area contributed by atoms with E-state index in [-0.39, 0.29) is 18.1 Å². The van der Waals surface area contributed by atoms with Crippen LogP contribution in [0.1, 0.15) is 30.8 Å². The summed E-state index contributed by atoms with van der Waals surface area (Å²) in [6.45, 7) is 3.73. The molecule has 0 fully saturated rings. The third-order valence-electron chi connectivity index (χ3n) is 3.07. The number of amides is 1. The minimum absolute atomic E-state index is 0.191. The van der Waals surface area contributed by atoms with Crippen LogP contribution >= 0.6 is 0 Å². The molecule has 19 heavy (non-hydrogen) atoms. The van der Waals surface area contributed by atoms with Gasteiger partial charge in [-0.05, 0) is 25.5 Å². The number of carbonyl (C=O) groups is 1. The number of rotatable bonds is 4. The molecule has 0 aliphatic rings. The molecular weight excluding hydrogens is 242 g/mol. The van der Waals surface area contributed by atoms with Gasteiger partial charge in [-0.3, -0.25) is 9.78 Å². The molecule has 2 N–H and O–H groups in total. The van der Waals surface area contributed by atoms with Crippen LogP contribution in [0.15, 0.2) is 30.5 Å². The highest BCUT2D eigenvalue weighted by Crippen LogP contribution is 2.09. The van der Waals surface area contributed by atoms with Crippen molar-refractivity contribution < 1.29 is 9.90 Å². The summed E-state index contributed by atoms with van der Waals surface area (Å²) in [6.07, 6.45) is 2.01. The van der Waals surface area contributed by atoms with Gasteiger partial charge < -0.3 is 10.4 Å². The van der Waals surface area contributed by atoms with Crippen molar-refractivity contribution in [1.82, 2.24) is 15.3 Å². The maximum absolute atomic E-state index is 11.9. The molecule has 0 spiro atoms. The molecule has 5 heteroatoms. The van der Waals surface area contributed by atoms with Gasteiger partial charge in [-0.2, -0.15) is 0 Å². The molecule has 1 atom stereocenters. The SMILES string of the molecule is CCC(C)(O)CNC(=O)c1cnc2ccccc2n1. The maximum atomic E-state index is 11.9. The van der Waals surface area contributed by atoms with E-state index in [9.17, 15) is 9.90 Å². The number of nitrogens with zero attached hydrogens (tertiary/aromatic N) is 2. The van der Waals surface area contributed by atoms with Crippen LogP contribution in [-0.4, -0.2) is 33.1 Å². The Morgan fingerprint density at radius 2 is 2.05 bits per heavy atom. The standard InChI is InChI=1S/C14H17N3O2/c1-3-14(2,19)9-16-13(18)12-8-15-10-6-4-5-7-11(10)17-12/h4-8,19H,3,9H2,1-2H3,(H,16,18). The first-order valence-electron chi connectivity index (χ1n) is 6.24. The van der Waals surface area contributed by atoms with Crippen LogP contribution in [0.4, 0.5) is 0 Å². The predicted octanol–water partition coefficient (Wildman–Crippen LogP) is 1.52. The minimum atomic E-state index is -0.903. The topological polar surface area (TPSA) is 75.1 Å². The van der Waals surface area contributed by atoms with Gasteiger partial charge in [-0.25, -0.2) is 4.98 Å². The van der Waals surface area contributed by atoms with E-state index < -0.39 is 5.60 Å². The van der Waals surface area contributed by atoms with Crippen molar-refractivity contribution in [3.05, 3.63) is 36.2 Å². The van der Waals surface area contributed by atoms with Gasteiger partial charge in [0, 0.05) is 6.54 Å². The highest BCUT2D eigenvalue weighted by Gasteiger charge is 2.19. The van der Waals surface area contributed by atoms with Crippen LogP contribution in [0.25, 0.3) is 11.0 Å². The Morgan fingerprint density at radius 1 is 1.37 bits per heavy atom. The molecule has 0 aliphatic carbocycles. The van der Waals surface area contributed by atoms with Gasteiger partial charge in [-0.1, -0.05) is 19.1 Å². The minimum Gasteiger partial charge on any atom is -0.388 e. The largest absolute Gasteiger partial charge is 0.388 e. The number of fused-ring (bicyclic) bond motifs is 1. The Labute approximate surface area is 111 Å². The fourth-order valence-corrected chi connectivity index (χ4v) is 1.55. The second-order valence-corrected chi connectivity index (χ2v) is 4.78. The zero-order valence-corrected chi connectivity index (χ0v) is 11.1. The van der Waals surface area contributed by atoms with E-state index in [0.29, 0.717) is 11.9 Å². The van der Waals surface area contributed by atoms with Crippen molar-refractivity contribution >= 4 is 16.9 Å². The summed E-state index contributed by atoms with van der Waals surface area (Å²) in [7, 11) is 0. The zero-order valence-electron chi connectivity index (χ0n) is 11.1. The molecule has 1 aromatic carbocycles. The van der Waals surface area contributed by atoms with Crippen LogP contribution in [0, 0.1) is 0 Å². The summed E-state index contributed by atoms with van der Waals surface area (Å²) in [5.41, 5.74) is 0.780. The van der Waals surface area contributed by atoms with Crippen molar-refractivity contribution in [3.63, 3.8) is 0 Å². The first kappa shape index (κ1) is 13.4. The fourth-order valence-electron chi connectivity index (χ4n) is 1.55. The summed E-state index contributed by atoms with van der Waals surface area (Å²) < 4.78 is 0. The van der Waals surface area contributed by atoms with Gasteiger partial charge in [0.05, 0.1) is 22.8 Å². The van der Waals surface area contributed by atoms with Crippen LogP contribution in [0.3, 0.4) is 0 Å². The van der Waals surface area contributed by atoms with Crippen molar-refractivity contribution in [2.75, 3.05) is 6.54 Å². The number of aliphatic hydroxyl groups is 1. The molecule has 0 radical (unpaired) electrons. The number of hydrogen-bond acceptors (Lipinski definition) is 4. The lowest BCUT2D eigenvalue weighted by molar-refractivity contribution is 0.0517. The van der Waals surface area contributed by atoms with Gasteiger partial charge in [0.2, 0.25) is 0 Å². The molecular formula is C14H17N3O2. The van der Waals surface area contributed by atoms with Crippen LogP contribution < -0.4 is 5.32 Å². The van der Waals surface area contributed by atoms with E-state index in [4.69, 9.17) is 0 Å². The van der Waals surface area contributed by atoms with E-state index in [1.807, 2.05) is 25.1 Å². The summed E-state index contributed by atoms with van der Waals surface area (Å²) in [5, 5.41) is 12.5. The Morgan fingerprint density at radius 3 is 2.74 bits per heavy atom. The number of para-hydroxylation sites is 2. The maximum Gasteiger partial charge on any atom is 0.271 e. The van der Waals surface area contributed by atoms with Crippen molar-refractivity contribution in [3.8, 4) is 0 Å². The Bertz CT molecular complexity index is 596. The van der Waals surface area contributed by atoms with Gasteiger partial charge in [0.1, 0.15) is 5.69 Å². The molecule has 100 valence electrons. The number of hydrogen-bond donors (Lipinski definition) is 2. The molecule has 5 nitrogen and oxygen atoms in total. The Kier molecular flexibility index (Phi) is 3.76. The summed E-state index contributed by atoms with van der Waals surface area (Å²) in [4.78, 5) is 20.4. The highest BCUT2D eigenvalue weighted by molar-refractivity contribution is 5.93. The third-order valence-corrected chi connectivity index (χ3v) is 3.07. The average molecular weight is 259 g/mol. The molecule has 0 aliphatic heterocycles. The highest BCUT2D eigenvalue weighted by atomic mass is 16.3. The second-order valence-electron chi connectivity index (χ2n) is 4.78. The van der Waals surface area contributed by atoms with E-state index in [0.717, 1.165) is 5.52 Å². The van der Waals surface area contributed by atoms with E-state index in [1.165, 1.54) is 6.20 Å². The summed E-state index contributed by atoms with van der Waals surface area (Å²) in [6, 6.07) is 7.36. The van der Waals surface area contributed by atoms with Gasteiger partial charge in [-0.15, -0.1) is 0 Å². The van der Waals surface area contributed by atoms with E-state index >= 15 is 0 Å². The van der Waals surface area contributed by atoms with Crippen LogP contribution in [0.2, 0.25) is 0 Å². The normalized spacial score (nSPS) is 14.1. The molecule has 0 saturated carbocycles. The first-order valence-corrected chi connectivity index (χ1v) is 6.24. The zero-order chi connectivity index (χ0) is 13.9. The number of nitrogens with one attached hydrogen (secondary N) is 1. The lowest BCUT2D eigenvalue weighted by Gasteiger charge is -2.21. The third kappa shape index (κ3) is 3.26. The van der Waals surface area contributed by atoms with Crippen LogP contribution in [-0.2, 0) is 0 Å². The number of aromatic nitrogens is 2. The van der Waals surface area contributed by atoms with Crippen LogP contribution in [0.5, 0.6) is 0 Å². The Hall–Kier alpha value is -2.01. The fraction of sp³-hybridized carbons (Fsp3) is 0.357.